The fourth-order valence-corrected chi connectivity index (χ4v) is 4.22. The van der Waals surface area contributed by atoms with Gasteiger partial charge in [-0.3, -0.25) is 9.69 Å². The van der Waals surface area contributed by atoms with Gasteiger partial charge in [-0.05, 0) is 29.8 Å². The molecule has 0 bridgehead atoms. The summed E-state index contributed by atoms with van der Waals surface area (Å²) < 4.78 is 3.96. The lowest BCUT2D eigenvalue weighted by atomic mass is 10.2. The first-order chi connectivity index (χ1) is 15.8. The maximum atomic E-state index is 13.2. The Morgan fingerprint density at radius 3 is 2.25 bits per heavy atom. The number of nitrogens with zero attached hydrogens (tertiary/aromatic N) is 5. The summed E-state index contributed by atoms with van der Waals surface area (Å²) in [4.78, 5) is 17.5. The van der Waals surface area contributed by atoms with Gasteiger partial charge in [0, 0.05) is 57.2 Å². The van der Waals surface area contributed by atoms with Crippen molar-refractivity contribution in [2.45, 2.75) is 13.1 Å². The zero-order valence-electron chi connectivity index (χ0n) is 18.0. The van der Waals surface area contributed by atoms with E-state index in [1.54, 1.807) is 0 Å². The number of amides is 1. The third-order valence-corrected chi connectivity index (χ3v) is 5.97. The Kier molecular flexibility index (Phi) is 5.85. The van der Waals surface area contributed by atoms with Crippen LogP contribution in [-0.2, 0) is 13.1 Å². The number of hydrogen-bond donors (Lipinski definition) is 0. The molecule has 32 heavy (non-hydrogen) atoms. The van der Waals surface area contributed by atoms with E-state index in [0.717, 1.165) is 44.1 Å². The summed E-state index contributed by atoms with van der Waals surface area (Å²) >= 11 is 0. The van der Waals surface area contributed by atoms with Crippen molar-refractivity contribution in [3.8, 4) is 5.69 Å². The van der Waals surface area contributed by atoms with Crippen LogP contribution < -0.4 is 0 Å². The number of aromatic nitrogens is 3. The Hall–Kier alpha value is -3.64. The van der Waals surface area contributed by atoms with Crippen LogP contribution in [0.1, 0.15) is 21.6 Å². The standard InChI is InChI=1S/C26H27N5O/c32-26(25-12-7-13-30(25)20-22-8-3-1-4-9-22)29-16-14-28(15-17-29)19-23-18-27-31(21-23)24-10-5-2-6-11-24/h1-13,18,21H,14-17,19-20H2. The molecule has 1 saturated heterocycles. The largest absolute Gasteiger partial charge is 0.339 e. The lowest BCUT2D eigenvalue weighted by Crippen LogP contribution is -2.48. The molecular formula is C26H27N5O. The number of carbonyl (C=O) groups excluding carboxylic acids is 1. The van der Waals surface area contributed by atoms with Gasteiger partial charge in [0.1, 0.15) is 5.69 Å². The molecule has 0 unspecified atom stereocenters. The highest BCUT2D eigenvalue weighted by atomic mass is 16.2. The second-order valence-corrected chi connectivity index (χ2v) is 8.20. The zero-order valence-corrected chi connectivity index (χ0v) is 18.0. The molecule has 1 aliphatic rings. The summed E-state index contributed by atoms with van der Waals surface area (Å²) in [5.74, 6) is 0.113. The minimum absolute atomic E-state index is 0.113. The SMILES string of the molecule is O=C(c1cccn1Cc1ccccc1)N1CCN(Cc2cnn(-c3ccccc3)c2)CC1. The van der Waals surface area contributed by atoms with E-state index in [-0.39, 0.29) is 5.91 Å². The van der Waals surface area contributed by atoms with Crippen LogP contribution in [-0.4, -0.2) is 56.2 Å². The lowest BCUT2D eigenvalue weighted by molar-refractivity contribution is 0.0618. The highest BCUT2D eigenvalue weighted by Crippen LogP contribution is 2.15. The second kappa shape index (κ2) is 9.24. The van der Waals surface area contributed by atoms with Crippen molar-refractivity contribution in [2.75, 3.05) is 26.2 Å². The number of para-hydroxylation sites is 1. The van der Waals surface area contributed by atoms with E-state index in [0.29, 0.717) is 6.54 Å². The molecule has 5 rings (SSSR count). The second-order valence-electron chi connectivity index (χ2n) is 8.20. The number of hydrogen-bond acceptors (Lipinski definition) is 3. The van der Waals surface area contributed by atoms with Crippen LogP contribution in [0.2, 0.25) is 0 Å². The molecule has 1 amide bonds. The van der Waals surface area contributed by atoms with Crippen LogP contribution in [0.3, 0.4) is 0 Å². The summed E-state index contributed by atoms with van der Waals surface area (Å²) in [5.41, 5.74) is 4.20. The van der Waals surface area contributed by atoms with Gasteiger partial charge < -0.3 is 9.47 Å². The Balaban J connectivity index is 1.17. The molecule has 0 N–H and O–H groups in total. The minimum Gasteiger partial charge on any atom is -0.339 e. The van der Waals surface area contributed by atoms with Gasteiger partial charge in [0.25, 0.3) is 5.91 Å². The van der Waals surface area contributed by atoms with E-state index in [1.165, 1.54) is 11.1 Å². The van der Waals surface area contributed by atoms with Crippen molar-refractivity contribution < 1.29 is 4.79 Å². The molecule has 0 radical (unpaired) electrons. The monoisotopic (exact) mass is 425 g/mol. The van der Waals surface area contributed by atoms with Gasteiger partial charge in [-0.25, -0.2) is 4.68 Å². The van der Waals surface area contributed by atoms with Crippen LogP contribution in [0, 0.1) is 0 Å². The third-order valence-electron chi connectivity index (χ3n) is 5.97. The van der Waals surface area contributed by atoms with Gasteiger partial charge in [0.15, 0.2) is 0 Å². The highest BCUT2D eigenvalue weighted by Gasteiger charge is 2.24. The first kappa shape index (κ1) is 20.3. The van der Waals surface area contributed by atoms with Crippen molar-refractivity contribution in [2.24, 2.45) is 0 Å². The van der Waals surface area contributed by atoms with E-state index >= 15 is 0 Å². The predicted molar refractivity (Wildman–Crippen MR) is 125 cm³/mol. The molecule has 6 heteroatoms. The van der Waals surface area contributed by atoms with Crippen LogP contribution in [0.4, 0.5) is 0 Å². The van der Waals surface area contributed by atoms with E-state index in [1.807, 2.05) is 75.1 Å². The molecule has 162 valence electrons. The molecule has 3 heterocycles. The molecule has 2 aromatic carbocycles. The Morgan fingerprint density at radius 1 is 0.781 bits per heavy atom. The number of carbonyl (C=O) groups is 1. The van der Waals surface area contributed by atoms with E-state index in [9.17, 15) is 4.79 Å². The van der Waals surface area contributed by atoms with Gasteiger partial charge in [-0.2, -0.15) is 5.10 Å². The average Bonchev–Trinajstić information content (AvgIpc) is 3.50. The predicted octanol–water partition coefficient (Wildman–Crippen LogP) is 3.68. The first-order valence-electron chi connectivity index (χ1n) is 11.1. The summed E-state index contributed by atoms with van der Waals surface area (Å²) in [6, 6.07) is 24.3. The smallest absolute Gasteiger partial charge is 0.270 e. The van der Waals surface area contributed by atoms with Crippen LogP contribution in [0.5, 0.6) is 0 Å². The summed E-state index contributed by atoms with van der Waals surface area (Å²) in [7, 11) is 0. The molecule has 1 fully saturated rings. The molecule has 2 aromatic heterocycles. The fraction of sp³-hybridized carbons (Fsp3) is 0.231. The van der Waals surface area contributed by atoms with Crippen molar-refractivity contribution in [3.05, 3.63) is 108 Å². The van der Waals surface area contributed by atoms with Crippen LogP contribution in [0.15, 0.2) is 91.4 Å². The molecule has 4 aromatic rings. The maximum Gasteiger partial charge on any atom is 0.270 e. The quantitative estimate of drug-likeness (QED) is 0.473. The Morgan fingerprint density at radius 2 is 1.50 bits per heavy atom. The molecule has 0 spiro atoms. The third kappa shape index (κ3) is 4.50. The minimum atomic E-state index is 0.113. The highest BCUT2D eigenvalue weighted by molar-refractivity contribution is 5.92. The molecule has 6 nitrogen and oxygen atoms in total. The lowest BCUT2D eigenvalue weighted by Gasteiger charge is -2.34. The van der Waals surface area contributed by atoms with Crippen LogP contribution in [0.25, 0.3) is 5.69 Å². The maximum absolute atomic E-state index is 13.2. The van der Waals surface area contributed by atoms with Gasteiger partial charge in [-0.1, -0.05) is 48.5 Å². The fourth-order valence-electron chi connectivity index (χ4n) is 4.22. The molecule has 0 saturated carbocycles. The summed E-state index contributed by atoms with van der Waals surface area (Å²) in [5, 5.41) is 4.50. The van der Waals surface area contributed by atoms with Crippen molar-refractivity contribution >= 4 is 5.91 Å². The summed E-state index contributed by atoms with van der Waals surface area (Å²) in [6.07, 6.45) is 6.01. The number of rotatable bonds is 6. The first-order valence-corrected chi connectivity index (χ1v) is 11.1. The molecule has 1 aliphatic heterocycles. The van der Waals surface area contributed by atoms with Gasteiger partial charge in [-0.15, -0.1) is 0 Å². The zero-order chi connectivity index (χ0) is 21.8. The van der Waals surface area contributed by atoms with E-state index < -0.39 is 0 Å². The van der Waals surface area contributed by atoms with E-state index in [2.05, 4.69) is 40.5 Å². The van der Waals surface area contributed by atoms with Crippen molar-refractivity contribution in [3.63, 3.8) is 0 Å². The van der Waals surface area contributed by atoms with Gasteiger partial charge in [0.05, 0.1) is 11.9 Å². The Bertz CT molecular complexity index is 1160. The Labute approximate surface area is 188 Å². The number of benzene rings is 2. The summed E-state index contributed by atoms with van der Waals surface area (Å²) in [6.45, 7) is 4.76. The van der Waals surface area contributed by atoms with Crippen molar-refractivity contribution in [1.82, 2.24) is 24.1 Å². The number of piperazine rings is 1. The van der Waals surface area contributed by atoms with Gasteiger partial charge >= 0.3 is 0 Å². The van der Waals surface area contributed by atoms with Crippen LogP contribution >= 0.6 is 0 Å². The van der Waals surface area contributed by atoms with Gasteiger partial charge in [0.2, 0.25) is 0 Å². The molecular weight excluding hydrogens is 398 g/mol. The molecule has 0 atom stereocenters. The molecule has 0 aliphatic carbocycles. The average molecular weight is 426 g/mol. The van der Waals surface area contributed by atoms with Crippen molar-refractivity contribution in [1.29, 1.82) is 0 Å². The topological polar surface area (TPSA) is 46.3 Å². The normalized spacial score (nSPS) is 14.6. The van der Waals surface area contributed by atoms with E-state index in [4.69, 9.17) is 0 Å².